The highest BCUT2D eigenvalue weighted by Gasteiger charge is 2.13. The van der Waals surface area contributed by atoms with E-state index in [1.807, 2.05) is 35.7 Å². The van der Waals surface area contributed by atoms with E-state index in [1.54, 1.807) is 41.0 Å². The van der Waals surface area contributed by atoms with Crippen LogP contribution >= 0.6 is 23.6 Å². The van der Waals surface area contributed by atoms with Crippen molar-refractivity contribution in [3.8, 4) is 10.7 Å². The molecular weight excluding hydrogens is 432 g/mol. The maximum Gasteiger partial charge on any atom is 0.323 e. The zero-order valence-corrected chi connectivity index (χ0v) is 17.8. The largest absolute Gasteiger partial charge is 0.325 e. The monoisotopic (exact) mass is 450 g/mol. The summed E-state index contributed by atoms with van der Waals surface area (Å²) in [7, 11) is 0. The van der Waals surface area contributed by atoms with Gasteiger partial charge in [-0.05, 0) is 60.1 Å². The number of amides is 3. The first-order chi connectivity index (χ1) is 15.1. The smallest absolute Gasteiger partial charge is 0.323 e. The number of para-hydroxylation sites is 1. The fourth-order valence-electron chi connectivity index (χ4n) is 2.85. The van der Waals surface area contributed by atoms with Crippen molar-refractivity contribution in [1.82, 2.24) is 14.8 Å². The standard InChI is InChI=1S/C21H18N6O2S2/c28-18(13-27-19(25-26-21(27)30)17-7-4-12-31-17)22-15-8-10-16(11-9-15)24-20(29)23-14-5-2-1-3-6-14/h1-12H,13H2,(H,22,28)(H,26,30)(H2,23,24,29). The molecule has 0 aliphatic carbocycles. The van der Waals surface area contributed by atoms with Gasteiger partial charge in [0.25, 0.3) is 0 Å². The fourth-order valence-corrected chi connectivity index (χ4v) is 3.77. The Balaban J connectivity index is 1.35. The molecule has 31 heavy (non-hydrogen) atoms. The Morgan fingerprint density at radius 3 is 2.19 bits per heavy atom. The van der Waals surface area contributed by atoms with E-state index in [9.17, 15) is 9.59 Å². The Labute approximate surface area is 186 Å². The van der Waals surface area contributed by atoms with E-state index in [0.717, 1.165) is 4.88 Å². The third-order valence-corrected chi connectivity index (χ3v) is 5.44. The number of hydrogen-bond acceptors (Lipinski definition) is 5. The minimum Gasteiger partial charge on any atom is -0.325 e. The SMILES string of the molecule is O=C(Cn1c(-c2cccs2)n[nH]c1=S)Nc1ccc(NC(=O)Nc2ccccc2)cc1. The average Bonchev–Trinajstić information content (AvgIpc) is 3.41. The van der Waals surface area contributed by atoms with Gasteiger partial charge in [-0.15, -0.1) is 11.3 Å². The number of carbonyl (C=O) groups excluding carboxylic acids is 2. The molecule has 2 aromatic carbocycles. The molecule has 0 saturated heterocycles. The van der Waals surface area contributed by atoms with Crippen LogP contribution in [-0.4, -0.2) is 26.7 Å². The Hall–Kier alpha value is -3.76. The molecule has 8 nitrogen and oxygen atoms in total. The van der Waals surface area contributed by atoms with Crippen molar-refractivity contribution in [2.75, 3.05) is 16.0 Å². The molecule has 0 unspecified atom stereocenters. The lowest BCUT2D eigenvalue weighted by molar-refractivity contribution is -0.116. The van der Waals surface area contributed by atoms with Gasteiger partial charge in [-0.2, -0.15) is 5.10 Å². The van der Waals surface area contributed by atoms with Crippen LogP contribution in [0.1, 0.15) is 0 Å². The van der Waals surface area contributed by atoms with E-state index in [0.29, 0.717) is 27.7 Å². The zero-order valence-electron chi connectivity index (χ0n) is 16.2. The first-order valence-electron chi connectivity index (χ1n) is 9.30. The Kier molecular flexibility index (Phi) is 6.20. The summed E-state index contributed by atoms with van der Waals surface area (Å²) in [5.41, 5.74) is 1.90. The van der Waals surface area contributed by atoms with Crippen molar-refractivity contribution in [2.24, 2.45) is 0 Å². The summed E-state index contributed by atoms with van der Waals surface area (Å²) in [5, 5.41) is 17.2. The quantitative estimate of drug-likeness (QED) is 0.312. The number of carbonyl (C=O) groups is 2. The second-order valence-corrected chi connectivity index (χ2v) is 7.82. The molecule has 10 heteroatoms. The molecule has 0 spiro atoms. The lowest BCUT2D eigenvalue weighted by Gasteiger charge is -2.10. The average molecular weight is 451 g/mol. The molecule has 0 radical (unpaired) electrons. The Bertz CT molecular complexity index is 1230. The van der Waals surface area contributed by atoms with Crippen molar-refractivity contribution in [3.63, 3.8) is 0 Å². The molecule has 0 fully saturated rings. The molecule has 2 heterocycles. The maximum atomic E-state index is 12.5. The number of H-pyrrole nitrogens is 1. The number of thiophene rings is 1. The van der Waals surface area contributed by atoms with Gasteiger partial charge in [-0.25, -0.2) is 4.79 Å². The summed E-state index contributed by atoms with van der Waals surface area (Å²) in [4.78, 5) is 25.5. The summed E-state index contributed by atoms with van der Waals surface area (Å²) < 4.78 is 2.03. The molecule has 0 atom stereocenters. The summed E-state index contributed by atoms with van der Waals surface area (Å²) in [6.07, 6.45) is 0. The van der Waals surface area contributed by atoms with Crippen molar-refractivity contribution in [3.05, 3.63) is 76.9 Å². The Morgan fingerprint density at radius 2 is 1.55 bits per heavy atom. The van der Waals surface area contributed by atoms with Crippen LogP contribution in [0.2, 0.25) is 0 Å². The summed E-state index contributed by atoms with van der Waals surface area (Å²) in [6, 6.07) is 19.5. The van der Waals surface area contributed by atoms with Crippen molar-refractivity contribution in [1.29, 1.82) is 0 Å². The number of anilines is 3. The molecule has 0 bridgehead atoms. The Morgan fingerprint density at radius 1 is 0.903 bits per heavy atom. The van der Waals surface area contributed by atoms with Gasteiger partial charge in [0.2, 0.25) is 5.91 Å². The van der Waals surface area contributed by atoms with Gasteiger partial charge in [0.05, 0.1) is 4.88 Å². The molecule has 156 valence electrons. The van der Waals surface area contributed by atoms with Gasteiger partial charge in [0.15, 0.2) is 10.6 Å². The predicted octanol–water partition coefficient (Wildman–Crippen LogP) is 4.95. The highest BCUT2D eigenvalue weighted by molar-refractivity contribution is 7.71. The van der Waals surface area contributed by atoms with Gasteiger partial charge in [0, 0.05) is 17.1 Å². The van der Waals surface area contributed by atoms with Crippen LogP contribution in [0.15, 0.2) is 72.1 Å². The van der Waals surface area contributed by atoms with Gasteiger partial charge in [-0.3, -0.25) is 14.5 Å². The third kappa shape index (κ3) is 5.24. The molecular formula is C21H18N6O2S2. The molecule has 4 N–H and O–H groups in total. The van der Waals surface area contributed by atoms with Gasteiger partial charge in [0.1, 0.15) is 6.54 Å². The number of hydrogen-bond donors (Lipinski definition) is 4. The van der Waals surface area contributed by atoms with Crippen LogP contribution in [-0.2, 0) is 11.3 Å². The topological polar surface area (TPSA) is 104 Å². The van der Waals surface area contributed by atoms with Gasteiger partial charge < -0.3 is 16.0 Å². The van der Waals surface area contributed by atoms with Gasteiger partial charge in [-0.1, -0.05) is 24.3 Å². The molecule has 3 amide bonds. The van der Waals surface area contributed by atoms with Crippen LogP contribution in [0, 0.1) is 4.77 Å². The molecule has 4 rings (SSSR count). The molecule has 4 aromatic rings. The first-order valence-corrected chi connectivity index (χ1v) is 10.6. The normalized spacial score (nSPS) is 10.5. The number of rotatable bonds is 6. The maximum absolute atomic E-state index is 12.5. The van der Waals surface area contributed by atoms with Crippen LogP contribution in [0.5, 0.6) is 0 Å². The number of aromatic amines is 1. The lowest BCUT2D eigenvalue weighted by atomic mass is 10.2. The third-order valence-electron chi connectivity index (χ3n) is 4.26. The predicted molar refractivity (Wildman–Crippen MR) is 125 cm³/mol. The number of nitrogens with one attached hydrogen (secondary N) is 4. The lowest BCUT2D eigenvalue weighted by Crippen LogP contribution is -2.20. The molecule has 0 aliphatic heterocycles. The van der Waals surface area contributed by atoms with Crippen LogP contribution in [0.3, 0.4) is 0 Å². The van der Waals surface area contributed by atoms with Crippen molar-refractivity contribution in [2.45, 2.75) is 6.54 Å². The van der Waals surface area contributed by atoms with Crippen LogP contribution < -0.4 is 16.0 Å². The van der Waals surface area contributed by atoms with Crippen LogP contribution in [0.25, 0.3) is 10.7 Å². The van der Waals surface area contributed by atoms with Gasteiger partial charge >= 0.3 is 6.03 Å². The second-order valence-electron chi connectivity index (χ2n) is 6.49. The minimum atomic E-state index is -0.349. The zero-order chi connectivity index (χ0) is 21.6. The van der Waals surface area contributed by atoms with Crippen molar-refractivity contribution >= 4 is 52.6 Å². The number of benzene rings is 2. The highest BCUT2D eigenvalue weighted by atomic mass is 32.1. The number of urea groups is 1. The minimum absolute atomic E-state index is 0.0298. The molecule has 0 saturated carbocycles. The highest BCUT2D eigenvalue weighted by Crippen LogP contribution is 2.23. The first kappa shape index (κ1) is 20.5. The van der Waals surface area contributed by atoms with E-state index < -0.39 is 0 Å². The summed E-state index contributed by atoms with van der Waals surface area (Å²) >= 11 is 6.78. The van der Waals surface area contributed by atoms with E-state index in [2.05, 4.69) is 26.1 Å². The van der Waals surface area contributed by atoms with E-state index in [4.69, 9.17) is 12.2 Å². The van der Waals surface area contributed by atoms with E-state index in [1.165, 1.54) is 11.3 Å². The second kappa shape index (κ2) is 9.37. The number of aromatic nitrogens is 3. The van der Waals surface area contributed by atoms with E-state index in [-0.39, 0.29) is 18.5 Å². The fraction of sp³-hybridized carbons (Fsp3) is 0.0476. The van der Waals surface area contributed by atoms with E-state index >= 15 is 0 Å². The number of nitrogens with zero attached hydrogens (tertiary/aromatic N) is 2. The van der Waals surface area contributed by atoms with Crippen molar-refractivity contribution < 1.29 is 9.59 Å². The van der Waals surface area contributed by atoms with Crippen LogP contribution in [0.4, 0.5) is 21.9 Å². The molecule has 0 aliphatic rings. The summed E-state index contributed by atoms with van der Waals surface area (Å²) in [6.45, 7) is 0.0298. The molecule has 2 aromatic heterocycles. The summed E-state index contributed by atoms with van der Waals surface area (Å²) in [5.74, 6) is 0.386.